The van der Waals surface area contributed by atoms with Crippen molar-refractivity contribution in [3.8, 4) is 11.5 Å². The van der Waals surface area contributed by atoms with E-state index in [2.05, 4.69) is 0 Å². The molecule has 0 fully saturated rings. The van der Waals surface area contributed by atoms with Crippen molar-refractivity contribution in [3.05, 3.63) is 83.4 Å². The molecule has 0 spiro atoms. The molecule has 0 aliphatic heterocycles. The normalized spacial score (nSPS) is 11.3. The highest BCUT2D eigenvalue weighted by Gasteiger charge is 2.30. The molecule has 0 aromatic heterocycles. The Labute approximate surface area is 180 Å². The summed E-state index contributed by atoms with van der Waals surface area (Å²) in [6.45, 7) is 3.53. The number of hydrogen-bond donors (Lipinski definition) is 1. The molecule has 6 nitrogen and oxygen atoms in total. The summed E-state index contributed by atoms with van der Waals surface area (Å²) in [6.07, 6.45) is 0. The minimum atomic E-state index is -3.87. The van der Waals surface area contributed by atoms with Crippen LogP contribution in [0.5, 0.6) is 11.5 Å². The topological polar surface area (TPSA) is 83.9 Å². The highest BCUT2D eigenvalue weighted by Crippen LogP contribution is 2.38. The van der Waals surface area contributed by atoms with E-state index in [1.54, 1.807) is 44.2 Å². The molecule has 3 aromatic carbocycles. The van der Waals surface area contributed by atoms with E-state index in [9.17, 15) is 13.2 Å². The van der Waals surface area contributed by atoms with Gasteiger partial charge in [0.15, 0.2) is 5.75 Å². The Morgan fingerprint density at radius 2 is 1.63 bits per heavy atom. The van der Waals surface area contributed by atoms with Crippen LogP contribution in [0.2, 0.25) is 5.02 Å². The highest BCUT2D eigenvalue weighted by molar-refractivity contribution is 7.92. The van der Waals surface area contributed by atoms with Crippen molar-refractivity contribution in [2.45, 2.75) is 24.8 Å². The Balaban J connectivity index is 2.07. The van der Waals surface area contributed by atoms with Crippen LogP contribution in [0.1, 0.15) is 24.2 Å². The van der Waals surface area contributed by atoms with Crippen LogP contribution in [0.4, 0.5) is 5.69 Å². The van der Waals surface area contributed by atoms with E-state index in [0.717, 1.165) is 0 Å². The number of nitrogens with zero attached hydrogens (tertiary/aromatic N) is 1. The molecule has 1 N–H and O–H groups in total. The molecule has 30 heavy (non-hydrogen) atoms. The Morgan fingerprint density at radius 1 is 1.00 bits per heavy atom. The summed E-state index contributed by atoms with van der Waals surface area (Å²) in [4.78, 5) is 11.2. The number of carbonyl (C=O) groups is 1. The van der Waals surface area contributed by atoms with E-state index in [1.807, 2.05) is 0 Å². The fraction of sp³-hybridized carbons (Fsp3) is 0.136. The zero-order chi connectivity index (χ0) is 21.9. The summed E-state index contributed by atoms with van der Waals surface area (Å²) >= 11 is 6.14. The summed E-state index contributed by atoms with van der Waals surface area (Å²) in [7, 11) is -3.87. The first-order valence-corrected chi connectivity index (χ1v) is 10.9. The third kappa shape index (κ3) is 4.58. The molecule has 156 valence electrons. The molecule has 0 atom stereocenters. The van der Waals surface area contributed by atoms with E-state index in [4.69, 9.17) is 21.4 Å². The van der Waals surface area contributed by atoms with E-state index in [0.29, 0.717) is 16.5 Å². The minimum Gasteiger partial charge on any atom is -0.478 e. The van der Waals surface area contributed by atoms with Crippen LogP contribution in [0.15, 0.2) is 77.7 Å². The van der Waals surface area contributed by atoms with Crippen LogP contribution in [0, 0.1) is 0 Å². The fourth-order valence-electron chi connectivity index (χ4n) is 2.94. The maximum atomic E-state index is 13.4. The number of aromatic carboxylic acids is 1. The SMILES string of the molecule is CC(C)N(c1ccc(Cl)cc1Oc1ccc(C(=O)O)cc1)S(=O)(=O)c1ccccc1. The molecule has 0 bridgehead atoms. The van der Waals surface area contributed by atoms with Crippen molar-refractivity contribution in [1.29, 1.82) is 0 Å². The van der Waals surface area contributed by atoms with Crippen molar-refractivity contribution in [3.63, 3.8) is 0 Å². The largest absolute Gasteiger partial charge is 0.478 e. The van der Waals surface area contributed by atoms with Gasteiger partial charge in [0.25, 0.3) is 10.0 Å². The van der Waals surface area contributed by atoms with Gasteiger partial charge in [-0.1, -0.05) is 29.8 Å². The Hall–Kier alpha value is -3.03. The lowest BCUT2D eigenvalue weighted by molar-refractivity contribution is 0.0697. The van der Waals surface area contributed by atoms with Gasteiger partial charge in [0.2, 0.25) is 0 Å². The molecule has 0 saturated carbocycles. The number of hydrogen-bond acceptors (Lipinski definition) is 4. The smallest absolute Gasteiger partial charge is 0.335 e. The number of ether oxygens (including phenoxy) is 1. The lowest BCUT2D eigenvalue weighted by Gasteiger charge is -2.30. The summed E-state index contributed by atoms with van der Waals surface area (Å²) in [6, 6.07) is 18.2. The van der Waals surface area contributed by atoms with Gasteiger partial charge in [0.1, 0.15) is 5.75 Å². The number of carboxylic acids is 1. The van der Waals surface area contributed by atoms with Gasteiger partial charge in [-0.3, -0.25) is 4.31 Å². The molecule has 3 aromatic rings. The standard InChI is InChI=1S/C22H20ClNO5S/c1-15(2)24(30(27,28)19-6-4-3-5-7-19)20-13-10-17(23)14-21(20)29-18-11-8-16(9-12-18)22(25)26/h3-15H,1-2H3,(H,25,26). The summed E-state index contributed by atoms with van der Waals surface area (Å²) in [5, 5.41) is 9.42. The fourth-order valence-corrected chi connectivity index (χ4v) is 4.79. The van der Waals surface area contributed by atoms with Gasteiger partial charge in [0, 0.05) is 17.1 Å². The predicted molar refractivity (Wildman–Crippen MR) is 116 cm³/mol. The third-order valence-corrected chi connectivity index (χ3v) is 6.50. The molecule has 0 radical (unpaired) electrons. The maximum absolute atomic E-state index is 13.4. The molecule has 0 heterocycles. The molecule has 0 unspecified atom stereocenters. The minimum absolute atomic E-state index is 0.115. The van der Waals surface area contributed by atoms with Gasteiger partial charge in [-0.05, 0) is 62.4 Å². The zero-order valence-corrected chi connectivity index (χ0v) is 17.9. The summed E-state index contributed by atoms with van der Waals surface area (Å²) in [5.41, 5.74) is 0.435. The van der Waals surface area contributed by atoms with E-state index >= 15 is 0 Å². The quantitative estimate of drug-likeness (QED) is 0.523. The van der Waals surface area contributed by atoms with Gasteiger partial charge in [0.05, 0.1) is 16.1 Å². The molecule has 8 heteroatoms. The average Bonchev–Trinajstić information content (AvgIpc) is 2.70. The van der Waals surface area contributed by atoms with Crippen molar-refractivity contribution in [2.75, 3.05) is 4.31 Å². The zero-order valence-electron chi connectivity index (χ0n) is 16.3. The number of rotatable bonds is 7. The third-order valence-electron chi connectivity index (χ3n) is 4.26. The van der Waals surface area contributed by atoms with Gasteiger partial charge in [-0.2, -0.15) is 0 Å². The molecular formula is C22H20ClNO5S. The number of carboxylic acid groups (broad SMARTS) is 1. The van der Waals surface area contributed by atoms with Crippen LogP contribution < -0.4 is 9.04 Å². The van der Waals surface area contributed by atoms with Crippen molar-refractivity contribution < 1.29 is 23.1 Å². The van der Waals surface area contributed by atoms with Crippen molar-refractivity contribution in [2.24, 2.45) is 0 Å². The molecule has 3 rings (SSSR count). The number of anilines is 1. The Bertz CT molecular complexity index is 1150. The molecule has 0 amide bonds. The molecule has 0 aliphatic rings. The molecular weight excluding hydrogens is 426 g/mol. The van der Waals surface area contributed by atoms with Gasteiger partial charge in [-0.25, -0.2) is 13.2 Å². The monoisotopic (exact) mass is 445 g/mol. The van der Waals surface area contributed by atoms with E-state index < -0.39 is 22.0 Å². The highest BCUT2D eigenvalue weighted by atomic mass is 35.5. The Morgan fingerprint density at radius 3 is 2.20 bits per heavy atom. The first-order valence-electron chi connectivity index (χ1n) is 9.10. The van der Waals surface area contributed by atoms with Crippen LogP contribution >= 0.6 is 11.6 Å². The summed E-state index contributed by atoms with van der Waals surface area (Å²) in [5.74, 6) is -0.465. The average molecular weight is 446 g/mol. The van der Waals surface area contributed by atoms with Crippen LogP contribution in [-0.4, -0.2) is 25.5 Å². The van der Waals surface area contributed by atoms with Gasteiger partial charge < -0.3 is 9.84 Å². The van der Waals surface area contributed by atoms with Crippen molar-refractivity contribution in [1.82, 2.24) is 0 Å². The first-order chi connectivity index (χ1) is 14.2. The number of halogens is 1. The molecule has 0 aliphatic carbocycles. The van der Waals surface area contributed by atoms with E-state index in [-0.39, 0.29) is 16.2 Å². The Kier molecular flexibility index (Phi) is 6.34. The second-order valence-corrected chi connectivity index (χ2v) is 9.00. The van der Waals surface area contributed by atoms with E-state index in [1.165, 1.54) is 46.8 Å². The lowest BCUT2D eigenvalue weighted by atomic mass is 10.2. The van der Waals surface area contributed by atoms with Crippen LogP contribution in [0.25, 0.3) is 0 Å². The van der Waals surface area contributed by atoms with Crippen LogP contribution in [-0.2, 0) is 10.0 Å². The lowest BCUT2D eigenvalue weighted by Crippen LogP contribution is -2.37. The maximum Gasteiger partial charge on any atom is 0.335 e. The molecule has 0 saturated heterocycles. The number of benzene rings is 3. The second-order valence-electron chi connectivity index (χ2n) is 6.75. The number of sulfonamides is 1. The predicted octanol–water partition coefficient (Wildman–Crippen LogP) is 5.43. The second kappa shape index (κ2) is 8.77. The van der Waals surface area contributed by atoms with Gasteiger partial charge in [-0.15, -0.1) is 0 Å². The summed E-state index contributed by atoms with van der Waals surface area (Å²) < 4.78 is 33.9. The van der Waals surface area contributed by atoms with Crippen molar-refractivity contribution >= 4 is 33.3 Å². The van der Waals surface area contributed by atoms with Crippen LogP contribution in [0.3, 0.4) is 0 Å². The van der Waals surface area contributed by atoms with Gasteiger partial charge >= 0.3 is 5.97 Å². The first kappa shape index (κ1) is 21.7.